The average Bonchev–Trinajstić information content (AvgIpc) is 3.24. The molecule has 1 aliphatic rings. The second-order valence-corrected chi connectivity index (χ2v) is 9.54. The minimum Gasteiger partial charge on any atom is -0.294 e. The molecule has 0 spiro atoms. The molecule has 1 fully saturated rings. The molecule has 5 heteroatoms. The van der Waals surface area contributed by atoms with Gasteiger partial charge >= 0.3 is 6.18 Å². The van der Waals surface area contributed by atoms with E-state index in [2.05, 4.69) is 6.92 Å². The molecule has 0 radical (unpaired) electrons. The molecule has 0 aromatic heterocycles. The first-order chi connectivity index (χ1) is 16.6. The fourth-order valence-corrected chi connectivity index (χ4v) is 4.85. The molecule has 3 rings (SSSR count). The lowest BCUT2D eigenvalue weighted by Gasteiger charge is -2.17. The normalized spacial score (nSPS) is 19.5. The van der Waals surface area contributed by atoms with Gasteiger partial charge in [0.25, 0.3) is 0 Å². The van der Waals surface area contributed by atoms with Gasteiger partial charge in [-0.15, -0.1) is 0 Å². The zero-order valence-electron chi connectivity index (χ0n) is 21.0. The topological polar surface area (TPSA) is 29.4 Å². The number of carbonyl (C=O) groups is 1. The minimum atomic E-state index is -4.29. The summed E-state index contributed by atoms with van der Waals surface area (Å²) in [5, 5.41) is 0. The van der Waals surface area contributed by atoms with E-state index in [9.17, 15) is 18.0 Å². The van der Waals surface area contributed by atoms with E-state index in [1.54, 1.807) is 25.1 Å². The van der Waals surface area contributed by atoms with Crippen LogP contribution in [0.3, 0.4) is 0 Å². The van der Waals surface area contributed by atoms with E-state index in [0.29, 0.717) is 22.8 Å². The average molecular weight is 482 g/mol. The largest absolute Gasteiger partial charge is 0.393 e. The highest BCUT2D eigenvalue weighted by atomic mass is 19.4. The van der Waals surface area contributed by atoms with E-state index in [4.69, 9.17) is 4.99 Å². The zero-order chi connectivity index (χ0) is 25.6. The molecular weight excluding hydrogens is 447 g/mol. The number of benzene rings is 2. The van der Waals surface area contributed by atoms with Gasteiger partial charge in [0.2, 0.25) is 0 Å². The molecule has 1 aliphatic carbocycles. The fraction of sp³-hybridized carbons (Fsp3) is 0.400. The number of nitrogens with zero attached hydrogens (tertiary/aromatic N) is 1. The Labute approximate surface area is 206 Å². The molecule has 0 N–H and O–H groups in total. The van der Waals surface area contributed by atoms with Crippen molar-refractivity contribution in [3.8, 4) is 0 Å². The summed E-state index contributed by atoms with van der Waals surface area (Å²) in [6, 6.07) is 12.4. The van der Waals surface area contributed by atoms with Crippen molar-refractivity contribution in [3.63, 3.8) is 0 Å². The SMILES string of the molecule is C/C=C/C=C(\C(=O)C1CCC(C)C1)c1cccc(C)c1CN=C(C)c1ccccc1CC(F)(F)F. The Morgan fingerprint density at radius 2 is 1.80 bits per heavy atom. The summed E-state index contributed by atoms with van der Waals surface area (Å²) in [5.74, 6) is 0.734. The maximum atomic E-state index is 13.6. The number of alkyl halides is 3. The molecule has 2 unspecified atom stereocenters. The van der Waals surface area contributed by atoms with Gasteiger partial charge in [-0.3, -0.25) is 9.79 Å². The van der Waals surface area contributed by atoms with Crippen LogP contribution < -0.4 is 0 Å². The van der Waals surface area contributed by atoms with Crippen LogP contribution in [0.25, 0.3) is 5.57 Å². The second-order valence-electron chi connectivity index (χ2n) is 9.54. The van der Waals surface area contributed by atoms with Gasteiger partial charge in [-0.2, -0.15) is 13.2 Å². The molecule has 0 heterocycles. The van der Waals surface area contributed by atoms with E-state index in [0.717, 1.165) is 36.0 Å². The van der Waals surface area contributed by atoms with Crippen molar-refractivity contribution in [1.29, 1.82) is 0 Å². The molecule has 0 aliphatic heterocycles. The summed E-state index contributed by atoms with van der Waals surface area (Å²) in [5.41, 5.74) is 4.73. The summed E-state index contributed by atoms with van der Waals surface area (Å²) in [6.07, 6.45) is 3.27. The van der Waals surface area contributed by atoms with Crippen molar-refractivity contribution in [2.45, 2.75) is 66.1 Å². The van der Waals surface area contributed by atoms with Crippen LogP contribution in [0, 0.1) is 18.8 Å². The Hall–Kier alpha value is -2.95. The van der Waals surface area contributed by atoms with Crippen LogP contribution in [0.2, 0.25) is 0 Å². The summed E-state index contributed by atoms with van der Waals surface area (Å²) >= 11 is 0. The minimum absolute atomic E-state index is 0.0225. The monoisotopic (exact) mass is 481 g/mol. The van der Waals surface area contributed by atoms with Gasteiger partial charge in [-0.1, -0.05) is 67.6 Å². The van der Waals surface area contributed by atoms with Crippen LogP contribution in [0.1, 0.15) is 67.9 Å². The van der Waals surface area contributed by atoms with Crippen molar-refractivity contribution in [1.82, 2.24) is 0 Å². The van der Waals surface area contributed by atoms with Gasteiger partial charge in [0.05, 0.1) is 13.0 Å². The number of Topliss-reactive ketones (excluding diaryl/α,β-unsaturated/α-hetero) is 1. The van der Waals surface area contributed by atoms with Gasteiger partial charge in [-0.25, -0.2) is 0 Å². The number of ketones is 1. The maximum Gasteiger partial charge on any atom is 0.393 e. The number of rotatable bonds is 8. The molecule has 2 nitrogen and oxygen atoms in total. The number of halogens is 3. The third-order valence-electron chi connectivity index (χ3n) is 6.76. The molecule has 0 amide bonds. The number of hydrogen-bond acceptors (Lipinski definition) is 2. The van der Waals surface area contributed by atoms with Crippen LogP contribution in [-0.4, -0.2) is 17.7 Å². The summed E-state index contributed by atoms with van der Waals surface area (Å²) in [4.78, 5) is 18.3. The van der Waals surface area contributed by atoms with Crippen molar-refractivity contribution < 1.29 is 18.0 Å². The highest BCUT2D eigenvalue weighted by Crippen LogP contribution is 2.36. The first-order valence-electron chi connectivity index (χ1n) is 12.2. The van der Waals surface area contributed by atoms with E-state index in [1.807, 2.05) is 50.3 Å². The Morgan fingerprint density at radius 1 is 1.09 bits per heavy atom. The summed E-state index contributed by atoms with van der Waals surface area (Å²) < 4.78 is 39.2. The molecule has 0 bridgehead atoms. The van der Waals surface area contributed by atoms with Crippen molar-refractivity contribution >= 4 is 17.1 Å². The number of allylic oxidation sites excluding steroid dienone is 4. The first kappa shape index (κ1) is 26.7. The lowest BCUT2D eigenvalue weighted by atomic mass is 9.87. The van der Waals surface area contributed by atoms with Crippen LogP contribution in [0.15, 0.2) is 65.7 Å². The van der Waals surface area contributed by atoms with Gasteiger partial charge in [0.1, 0.15) is 0 Å². The summed E-state index contributed by atoms with van der Waals surface area (Å²) in [7, 11) is 0. The Morgan fingerprint density at radius 3 is 2.46 bits per heavy atom. The third kappa shape index (κ3) is 7.03. The fourth-order valence-electron chi connectivity index (χ4n) is 4.85. The smallest absolute Gasteiger partial charge is 0.294 e. The van der Waals surface area contributed by atoms with E-state index < -0.39 is 12.6 Å². The number of aliphatic imine (C=N–C) groups is 1. The highest BCUT2D eigenvalue weighted by Gasteiger charge is 2.31. The van der Waals surface area contributed by atoms with Crippen molar-refractivity contribution in [2.24, 2.45) is 16.8 Å². The van der Waals surface area contributed by atoms with Crippen molar-refractivity contribution in [2.75, 3.05) is 0 Å². The highest BCUT2D eigenvalue weighted by molar-refractivity contribution is 6.22. The van der Waals surface area contributed by atoms with Crippen LogP contribution in [0.4, 0.5) is 13.2 Å². The molecular formula is C30H34F3NO. The van der Waals surface area contributed by atoms with Crippen LogP contribution in [-0.2, 0) is 17.8 Å². The molecule has 2 atom stereocenters. The zero-order valence-corrected chi connectivity index (χ0v) is 21.0. The van der Waals surface area contributed by atoms with Crippen LogP contribution >= 0.6 is 0 Å². The molecule has 35 heavy (non-hydrogen) atoms. The van der Waals surface area contributed by atoms with E-state index in [1.165, 1.54) is 6.07 Å². The quantitative estimate of drug-likeness (QED) is 0.213. The molecule has 186 valence electrons. The van der Waals surface area contributed by atoms with Crippen molar-refractivity contribution in [3.05, 3.63) is 88.5 Å². The lowest BCUT2D eigenvalue weighted by Crippen LogP contribution is -2.15. The van der Waals surface area contributed by atoms with Gasteiger partial charge < -0.3 is 0 Å². The van der Waals surface area contributed by atoms with Crippen LogP contribution in [0.5, 0.6) is 0 Å². The number of aryl methyl sites for hydroxylation is 1. The van der Waals surface area contributed by atoms with E-state index in [-0.39, 0.29) is 23.8 Å². The standard InChI is InChI=1S/C30H34F3NO/c1-5-6-12-27(29(35)23-16-15-20(2)17-23)26-14-9-10-21(3)28(26)19-34-22(4)25-13-8-7-11-24(25)18-30(31,32)33/h5-14,20,23H,15-19H2,1-4H3/b6-5+,27-12-,34-22?. The van der Waals surface area contributed by atoms with Gasteiger partial charge in [0, 0.05) is 17.2 Å². The van der Waals surface area contributed by atoms with E-state index >= 15 is 0 Å². The number of carbonyl (C=O) groups excluding carboxylic acids is 1. The predicted octanol–water partition coefficient (Wildman–Crippen LogP) is 8.07. The predicted molar refractivity (Wildman–Crippen MR) is 138 cm³/mol. The molecule has 0 saturated heterocycles. The Kier molecular flexibility index (Phi) is 8.87. The molecule has 2 aromatic rings. The maximum absolute atomic E-state index is 13.6. The van der Waals surface area contributed by atoms with Gasteiger partial charge in [-0.05, 0) is 73.8 Å². The number of hydrogen-bond donors (Lipinski definition) is 0. The molecule has 2 aromatic carbocycles. The Balaban J connectivity index is 1.98. The second kappa shape index (κ2) is 11.7. The third-order valence-corrected chi connectivity index (χ3v) is 6.76. The Bertz CT molecular complexity index is 1140. The first-order valence-corrected chi connectivity index (χ1v) is 12.2. The summed E-state index contributed by atoms with van der Waals surface area (Å²) in [6.45, 7) is 8.12. The lowest BCUT2D eigenvalue weighted by molar-refractivity contribution is -0.127. The molecule has 1 saturated carbocycles. The van der Waals surface area contributed by atoms with Gasteiger partial charge in [0.15, 0.2) is 5.78 Å².